The Labute approximate surface area is 147 Å². The van der Waals surface area contributed by atoms with Gasteiger partial charge in [-0.05, 0) is 31.0 Å². The fraction of sp³-hybridized carbons (Fsp3) is 0.188. The molecule has 3 N–H and O–H groups in total. The standard InChI is InChI=1S/C16H13ClN4O4/c17-11-7-9(3-4-10(11)14(22)20-8-1-2-8)21-15(23)12-13(16(24)25)19-6-5-18-12/h3-8H,1-2H2,(H,20,22)(H,21,23)(H,24,25). The van der Waals surface area contributed by atoms with Gasteiger partial charge in [-0.15, -0.1) is 0 Å². The maximum Gasteiger partial charge on any atom is 0.356 e. The molecule has 1 saturated carbocycles. The van der Waals surface area contributed by atoms with E-state index in [1.54, 1.807) is 0 Å². The summed E-state index contributed by atoms with van der Waals surface area (Å²) in [6.07, 6.45) is 4.33. The van der Waals surface area contributed by atoms with Crippen molar-refractivity contribution in [2.45, 2.75) is 18.9 Å². The second kappa shape index (κ2) is 6.86. The average Bonchev–Trinajstić information content (AvgIpc) is 3.38. The zero-order valence-corrected chi connectivity index (χ0v) is 13.6. The largest absolute Gasteiger partial charge is 0.476 e. The molecule has 1 aromatic carbocycles. The van der Waals surface area contributed by atoms with Crippen LogP contribution in [0.15, 0.2) is 30.6 Å². The van der Waals surface area contributed by atoms with Crippen LogP contribution in [0.1, 0.15) is 44.2 Å². The van der Waals surface area contributed by atoms with Gasteiger partial charge < -0.3 is 15.7 Å². The number of halogens is 1. The van der Waals surface area contributed by atoms with Crippen molar-refractivity contribution >= 4 is 35.1 Å². The van der Waals surface area contributed by atoms with Crippen LogP contribution in [0.3, 0.4) is 0 Å². The number of carboxylic acids is 1. The number of carboxylic acid groups (broad SMARTS) is 1. The molecule has 1 heterocycles. The molecule has 0 saturated heterocycles. The van der Waals surface area contributed by atoms with E-state index in [-0.39, 0.29) is 22.7 Å². The Bertz CT molecular complexity index is 867. The van der Waals surface area contributed by atoms with E-state index in [0.29, 0.717) is 11.3 Å². The number of benzene rings is 1. The molecular weight excluding hydrogens is 348 g/mol. The van der Waals surface area contributed by atoms with Crippen molar-refractivity contribution in [1.29, 1.82) is 0 Å². The number of nitrogens with one attached hydrogen (secondary N) is 2. The van der Waals surface area contributed by atoms with Crippen molar-refractivity contribution in [3.05, 3.63) is 52.6 Å². The number of carbonyl (C=O) groups is 3. The summed E-state index contributed by atoms with van der Waals surface area (Å²) in [7, 11) is 0. The summed E-state index contributed by atoms with van der Waals surface area (Å²) in [5.41, 5.74) is -0.162. The van der Waals surface area contributed by atoms with Crippen LogP contribution in [-0.4, -0.2) is 38.9 Å². The minimum Gasteiger partial charge on any atom is -0.476 e. The lowest BCUT2D eigenvalue weighted by Gasteiger charge is -2.09. The Morgan fingerprint density at radius 2 is 1.76 bits per heavy atom. The zero-order valence-electron chi connectivity index (χ0n) is 12.8. The summed E-state index contributed by atoms with van der Waals surface area (Å²) in [6, 6.07) is 4.61. The summed E-state index contributed by atoms with van der Waals surface area (Å²) < 4.78 is 0. The second-order valence-electron chi connectivity index (χ2n) is 5.46. The third-order valence-electron chi connectivity index (χ3n) is 3.50. The lowest BCUT2D eigenvalue weighted by atomic mass is 10.2. The number of hydrogen-bond donors (Lipinski definition) is 3. The summed E-state index contributed by atoms with van der Waals surface area (Å²) in [5, 5.41) is 14.5. The van der Waals surface area contributed by atoms with E-state index in [1.807, 2.05) is 0 Å². The molecule has 8 nitrogen and oxygen atoms in total. The highest BCUT2D eigenvalue weighted by molar-refractivity contribution is 6.34. The van der Waals surface area contributed by atoms with Gasteiger partial charge in [0.15, 0.2) is 11.4 Å². The zero-order chi connectivity index (χ0) is 18.0. The number of nitrogens with zero attached hydrogens (tertiary/aromatic N) is 2. The summed E-state index contributed by atoms with van der Waals surface area (Å²) in [4.78, 5) is 42.7. The van der Waals surface area contributed by atoms with E-state index in [2.05, 4.69) is 20.6 Å². The van der Waals surface area contributed by atoms with Crippen LogP contribution < -0.4 is 10.6 Å². The van der Waals surface area contributed by atoms with Crippen LogP contribution in [-0.2, 0) is 0 Å². The van der Waals surface area contributed by atoms with Gasteiger partial charge in [0.1, 0.15) is 0 Å². The molecule has 0 spiro atoms. The van der Waals surface area contributed by atoms with Gasteiger partial charge in [0, 0.05) is 24.1 Å². The van der Waals surface area contributed by atoms with Crippen molar-refractivity contribution < 1.29 is 19.5 Å². The van der Waals surface area contributed by atoms with Gasteiger partial charge in [0.2, 0.25) is 0 Å². The van der Waals surface area contributed by atoms with Gasteiger partial charge in [0.05, 0.1) is 10.6 Å². The van der Waals surface area contributed by atoms with Crippen LogP contribution in [0.4, 0.5) is 5.69 Å². The van der Waals surface area contributed by atoms with Crippen LogP contribution in [0, 0.1) is 0 Å². The Balaban J connectivity index is 1.77. The van der Waals surface area contributed by atoms with E-state index in [1.165, 1.54) is 30.6 Å². The topological polar surface area (TPSA) is 121 Å². The van der Waals surface area contributed by atoms with Crippen LogP contribution in [0.5, 0.6) is 0 Å². The molecule has 0 unspecified atom stereocenters. The van der Waals surface area contributed by atoms with Crippen molar-refractivity contribution in [3.8, 4) is 0 Å². The number of rotatable bonds is 5. The molecule has 0 atom stereocenters. The summed E-state index contributed by atoms with van der Waals surface area (Å²) in [5.74, 6) is -2.37. The number of amides is 2. The first-order chi connectivity index (χ1) is 12.0. The Morgan fingerprint density at radius 3 is 2.36 bits per heavy atom. The van der Waals surface area contributed by atoms with Crippen molar-refractivity contribution in [2.75, 3.05) is 5.32 Å². The normalized spacial score (nSPS) is 13.2. The lowest BCUT2D eigenvalue weighted by molar-refractivity contribution is 0.0684. The first-order valence-electron chi connectivity index (χ1n) is 7.42. The fourth-order valence-corrected chi connectivity index (χ4v) is 2.39. The van der Waals surface area contributed by atoms with Crippen molar-refractivity contribution in [3.63, 3.8) is 0 Å². The number of anilines is 1. The number of aromatic nitrogens is 2. The number of hydrogen-bond acceptors (Lipinski definition) is 5. The monoisotopic (exact) mass is 360 g/mol. The van der Waals surface area contributed by atoms with Crippen LogP contribution in [0.25, 0.3) is 0 Å². The molecule has 9 heteroatoms. The van der Waals surface area contributed by atoms with Gasteiger partial charge in [-0.1, -0.05) is 11.6 Å². The minimum atomic E-state index is -1.36. The fourth-order valence-electron chi connectivity index (χ4n) is 2.12. The highest BCUT2D eigenvalue weighted by Crippen LogP contribution is 2.24. The van der Waals surface area contributed by atoms with Crippen LogP contribution in [0.2, 0.25) is 5.02 Å². The van der Waals surface area contributed by atoms with Gasteiger partial charge in [-0.25, -0.2) is 14.8 Å². The SMILES string of the molecule is O=C(NC1CC1)c1ccc(NC(=O)c2nccnc2C(=O)O)cc1Cl. The molecule has 0 bridgehead atoms. The average molecular weight is 361 g/mol. The lowest BCUT2D eigenvalue weighted by Crippen LogP contribution is -2.25. The third kappa shape index (κ3) is 3.92. The van der Waals surface area contributed by atoms with Crippen molar-refractivity contribution in [2.24, 2.45) is 0 Å². The smallest absolute Gasteiger partial charge is 0.356 e. The summed E-state index contributed by atoms with van der Waals surface area (Å²) >= 11 is 6.11. The molecular formula is C16H13ClN4O4. The maximum absolute atomic E-state index is 12.2. The Hall–Kier alpha value is -3.00. The molecule has 2 amide bonds. The maximum atomic E-state index is 12.2. The van der Waals surface area contributed by atoms with E-state index in [4.69, 9.17) is 16.7 Å². The summed E-state index contributed by atoms with van der Waals surface area (Å²) in [6.45, 7) is 0. The predicted octanol–water partition coefficient (Wildman–Crippen LogP) is 1.97. The number of aromatic carboxylic acids is 1. The molecule has 0 radical (unpaired) electrons. The van der Waals surface area contributed by atoms with Gasteiger partial charge >= 0.3 is 5.97 Å². The molecule has 0 aliphatic heterocycles. The molecule has 1 fully saturated rings. The first kappa shape index (κ1) is 16.8. The molecule has 1 aliphatic rings. The van der Waals surface area contributed by atoms with Gasteiger partial charge in [-0.3, -0.25) is 9.59 Å². The van der Waals surface area contributed by atoms with Crippen molar-refractivity contribution in [1.82, 2.24) is 15.3 Å². The molecule has 25 heavy (non-hydrogen) atoms. The van der Waals surface area contributed by atoms with Crippen LogP contribution >= 0.6 is 11.6 Å². The number of carbonyl (C=O) groups excluding carboxylic acids is 2. The Morgan fingerprint density at radius 1 is 1.08 bits per heavy atom. The van der Waals surface area contributed by atoms with E-state index in [9.17, 15) is 14.4 Å². The molecule has 128 valence electrons. The van der Waals surface area contributed by atoms with E-state index >= 15 is 0 Å². The first-order valence-corrected chi connectivity index (χ1v) is 7.79. The quantitative estimate of drug-likeness (QED) is 0.749. The highest BCUT2D eigenvalue weighted by atomic mass is 35.5. The van der Waals surface area contributed by atoms with E-state index < -0.39 is 17.6 Å². The molecule has 2 aromatic rings. The van der Waals surface area contributed by atoms with Gasteiger partial charge in [-0.2, -0.15) is 0 Å². The minimum absolute atomic E-state index is 0.175. The second-order valence-corrected chi connectivity index (χ2v) is 5.86. The molecule has 3 rings (SSSR count). The van der Waals surface area contributed by atoms with E-state index in [0.717, 1.165) is 12.8 Å². The third-order valence-corrected chi connectivity index (χ3v) is 3.81. The highest BCUT2D eigenvalue weighted by Gasteiger charge is 2.25. The predicted molar refractivity (Wildman–Crippen MR) is 88.9 cm³/mol. The molecule has 1 aliphatic carbocycles. The molecule has 1 aromatic heterocycles. The van der Waals surface area contributed by atoms with Gasteiger partial charge in [0.25, 0.3) is 11.8 Å². The Kier molecular flexibility index (Phi) is 4.62.